The van der Waals surface area contributed by atoms with Gasteiger partial charge in [0, 0.05) is 27.6 Å². The van der Waals surface area contributed by atoms with E-state index in [1.807, 2.05) is 0 Å². The van der Waals surface area contributed by atoms with E-state index in [2.05, 4.69) is 213 Å². The zero-order valence-electron chi connectivity index (χ0n) is 31.0. The predicted molar refractivity (Wildman–Crippen MR) is 237 cm³/mol. The summed E-state index contributed by atoms with van der Waals surface area (Å²) in [5.41, 5.74) is 12.7. The summed E-state index contributed by atoms with van der Waals surface area (Å²) < 4.78 is 0. The van der Waals surface area contributed by atoms with E-state index in [9.17, 15) is 0 Å². The zero-order valence-corrected chi connectivity index (χ0v) is 31.0. The molecule has 2 heteroatoms. The van der Waals surface area contributed by atoms with Crippen molar-refractivity contribution >= 4 is 83.3 Å². The van der Waals surface area contributed by atoms with Crippen molar-refractivity contribution in [3.8, 4) is 11.1 Å². The number of para-hydroxylation sites is 1. The van der Waals surface area contributed by atoms with Crippen LogP contribution in [0.25, 0.3) is 54.2 Å². The topological polar surface area (TPSA) is 3.24 Å². The molecule has 0 aliphatic heterocycles. The van der Waals surface area contributed by atoms with Crippen LogP contribution in [0.2, 0.25) is 0 Å². The third-order valence-electron chi connectivity index (χ3n) is 12.3. The fourth-order valence-corrected chi connectivity index (χ4v) is 9.82. The van der Waals surface area contributed by atoms with Crippen LogP contribution in [-0.2, 0) is 5.41 Å². The molecule has 1 aliphatic carbocycles. The number of nitrogens with zero attached hydrogens (tertiary/aromatic N) is 1. The molecule has 0 fully saturated rings. The van der Waals surface area contributed by atoms with Crippen molar-refractivity contribution in [3.63, 3.8) is 0 Å². The number of fused-ring (bicyclic) bond motifs is 6. The Morgan fingerprint density at radius 1 is 0.400 bits per heavy atom. The van der Waals surface area contributed by atoms with Crippen LogP contribution in [0.1, 0.15) is 25.0 Å². The molecule has 0 bridgehead atoms. The van der Waals surface area contributed by atoms with Gasteiger partial charge >= 0.3 is 0 Å². The Labute approximate surface area is 322 Å². The molecule has 1 aliphatic rings. The normalized spacial score (nSPS) is 13.1. The van der Waals surface area contributed by atoms with Crippen LogP contribution in [0.3, 0.4) is 0 Å². The average molecular weight is 700 g/mol. The second kappa shape index (κ2) is 12.2. The van der Waals surface area contributed by atoms with Gasteiger partial charge in [-0.15, -0.1) is 0 Å². The van der Waals surface area contributed by atoms with Gasteiger partial charge < -0.3 is 4.90 Å². The zero-order chi connectivity index (χ0) is 36.7. The second-order valence-electron chi connectivity index (χ2n) is 15.6. The summed E-state index contributed by atoms with van der Waals surface area (Å²) in [6.45, 7) is 4.83. The van der Waals surface area contributed by atoms with E-state index >= 15 is 0 Å². The molecule has 0 unspecified atom stereocenters. The Morgan fingerprint density at radius 3 is 1.73 bits per heavy atom. The smallest absolute Gasteiger partial charge is 0.241 e. The van der Waals surface area contributed by atoms with Gasteiger partial charge in [0.25, 0.3) is 0 Å². The summed E-state index contributed by atoms with van der Waals surface area (Å²) in [4.78, 5) is 2.50. The van der Waals surface area contributed by atoms with Crippen LogP contribution in [0, 0.1) is 0 Å². The molecule has 0 amide bonds. The van der Waals surface area contributed by atoms with Crippen molar-refractivity contribution in [3.05, 3.63) is 205 Å². The lowest BCUT2D eigenvalue weighted by atomic mass is 9.36. The van der Waals surface area contributed by atoms with Gasteiger partial charge in [-0.25, -0.2) is 0 Å². The molecule has 1 nitrogen and oxygen atoms in total. The average Bonchev–Trinajstić information content (AvgIpc) is 3.47. The van der Waals surface area contributed by atoms with Crippen LogP contribution in [-0.4, -0.2) is 6.71 Å². The molecule has 0 aromatic heterocycles. The number of benzene rings is 10. The fourth-order valence-electron chi connectivity index (χ4n) is 9.82. The summed E-state index contributed by atoms with van der Waals surface area (Å²) in [6, 6.07) is 72.2. The number of rotatable bonds is 6. The number of hydrogen-bond donors (Lipinski definition) is 0. The van der Waals surface area contributed by atoms with Gasteiger partial charge in [0.05, 0.1) is 5.69 Å². The van der Waals surface area contributed by atoms with Gasteiger partial charge in [0.1, 0.15) is 0 Å². The van der Waals surface area contributed by atoms with E-state index in [1.54, 1.807) is 0 Å². The minimum atomic E-state index is -0.107. The Morgan fingerprint density at radius 2 is 0.982 bits per heavy atom. The number of anilines is 3. The molecule has 10 aromatic carbocycles. The lowest BCUT2D eigenvalue weighted by molar-refractivity contribution is 0.660. The highest BCUT2D eigenvalue weighted by Gasteiger charge is 2.36. The number of hydrogen-bond acceptors (Lipinski definition) is 1. The van der Waals surface area contributed by atoms with E-state index in [0.717, 1.165) is 5.69 Å². The van der Waals surface area contributed by atoms with E-state index in [0.29, 0.717) is 0 Å². The van der Waals surface area contributed by atoms with Gasteiger partial charge in [-0.1, -0.05) is 194 Å². The van der Waals surface area contributed by atoms with Gasteiger partial charge in [0.15, 0.2) is 0 Å². The predicted octanol–water partition coefficient (Wildman–Crippen LogP) is 12.0. The molecule has 0 saturated carbocycles. The maximum atomic E-state index is 2.50. The minimum Gasteiger partial charge on any atom is -0.310 e. The quantitative estimate of drug-likeness (QED) is 0.0949. The molecule has 258 valence electrons. The molecule has 0 atom stereocenters. The van der Waals surface area contributed by atoms with E-state index in [1.165, 1.54) is 93.1 Å². The largest absolute Gasteiger partial charge is 0.310 e. The van der Waals surface area contributed by atoms with Crippen molar-refractivity contribution < 1.29 is 0 Å². The van der Waals surface area contributed by atoms with Crippen LogP contribution < -0.4 is 21.3 Å². The van der Waals surface area contributed by atoms with Crippen molar-refractivity contribution in [2.24, 2.45) is 0 Å². The highest BCUT2D eigenvalue weighted by atomic mass is 15.1. The highest BCUT2D eigenvalue weighted by Crippen LogP contribution is 2.52. The van der Waals surface area contributed by atoms with Crippen molar-refractivity contribution in [2.45, 2.75) is 19.3 Å². The van der Waals surface area contributed by atoms with Gasteiger partial charge in [0.2, 0.25) is 6.71 Å². The molecule has 0 heterocycles. The first-order chi connectivity index (χ1) is 27.1. The summed E-state index contributed by atoms with van der Waals surface area (Å²) in [5.74, 6) is 0. The standard InChI is InChI=1S/C53H38BN/c1-53(2)46-25-15-14-23-41(46)42-30-28-39(34-47(42)53)55(38-20-10-5-11-21-38)49-33-27-35-26-29-45-48(54(36-16-6-3-7-17-36)37-18-8-4-9-19-37)32-31-44-40-22-12-13-24-43(40)52(49)50(35)51(44)45/h3-34H,1-2H3. The Kier molecular flexibility index (Phi) is 7.06. The van der Waals surface area contributed by atoms with E-state index in [-0.39, 0.29) is 12.1 Å². The fraction of sp³-hybridized carbons (Fsp3) is 0.0566. The first-order valence-electron chi connectivity index (χ1n) is 19.4. The lowest BCUT2D eigenvalue weighted by Gasteiger charge is -2.30. The molecule has 55 heavy (non-hydrogen) atoms. The molecule has 0 spiro atoms. The summed E-state index contributed by atoms with van der Waals surface area (Å²) in [7, 11) is 0. The third-order valence-corrected chi connectivity index (χ3v) is 12.3. The maximum Gasteiger partial charge on any atom is 0.241 e. The molecule has 0 N–H and O–H groups in total. The maximum absolute atomic E-state index is 2.50. The van der Waals surface area contributed by atoms with E-state index < -0.39 is 0 Å². The summed E-state index contributed by atoms with van der Waals surface area (Å²) in [6.07, 6.45) is 0. The first kappa shape index (κ1) is 31.9. The van der Waals surface area contributed by atoms with Crippen molar-refractivity contribution in [1.82, 2.24) is 0 Å². The Hall–Kier alpha value is -6.64. The summed E-state index contributed by atoms with van der Waals surface area (Å²) in [5, 5.41) is 10.3. The van der Waals surface area contributed by atoms with Crippen molar-refractivity contribution in [2.75, 3.05) is 4.90 Å². The van der Waals surface area contributed by atoms with Gasteiger partial charge in [-0.2, -0.15) is 0 Å². The second-order valence-corrected chi connectivity index (χ2v) is 15.6. The molecular weight excluding hydrogens is 661 g/mol. The molecule has 11 rings (SSSR count). The van der Waals surface area contributed by atoms with Gasteiger partial charge in [-0.05, 0) is 84.9 Å². The monoisotopic (exact) mass is 699 g/mol. The lowest BCUT2D eigenvalue weighted by Crippen LogP contribution is -2.52. The van der Waals surface area contributed by atoms with Crippen LogP contribution in [0.5, 0.6) is 0 Å². The highest BCUT2D eigenvalue weighted by molar-refractivity contribution is 6.97. The Bertz CT molecular complexity index is 3020. The third kappa shape index (κ3) is 4.74. The van der Waals surface area contributed by atoms with Gasteiger partial charge in [-0.3, -0.25) is 0 Å². The first-order valence-corrected chi connectivity index (χ1v) is 19.4. The van der Waals surface area contributed by atoms with Crippen LogP contribution >= 0.6 is 0 Å². The molecule has 10 aromatic rings. The van der Waals surface area contributed by atoms with Crippen LogP contribution in [0.15, 0.2) is 194 Å². The Balaban J connectivity index is 1.23. The molecular formula is C53H38BN. The minimum absolute atomic E-state index is 0.0948. The molecule has 0 radical (unpaired) electrons. The SMILES string of the molecule is CC1(C)c2ccccc2-c2ccc(N(c3ccccc3)c3ccc4ccc5c(B(c6ccccc6)c6ccccc6)ccc6c7ccccc7c3c4c56)cc21. The summed E-state index contributed by atoms with van der Waals surface area (Å²) >= 11 is 0. The van der Waals surface area contributed by atoms with Crippen molar-refractivity contribution in [1.29, 1.82) is 0 Å². The van der Waals surface area contributed by atoms with E-state index in [4.69, 9.17) is 0 Å². The van der Waals surface area contributed by atoms with Crippen LogP contribution in [0.4, 0.5) is 17.1 Å². The molecule has 0 saturated heterocycles.